The number of rotatable bonds is 7. The number of fused-ring (bicyclic) bond motifs is 3. The Hall–Kier alpha value is -3.12. The second-order valence-corrected chi connectivity index (χ2v) is 8.49. The molecule has 0 aromatic heterocycles. The molecule has 2 N–H and O–H groups in total. The van der Waals surface area contributed by atoms with Gasteiger partial charge in [0.15, 0.2) is 0 Å². The van der Waals surface area contributed by atoms with E-state index in [1.807, 2.05) is 48.5 Å². The highest BCUT2D eigenvalue weighted by Crippen LogP contribution is 2.44. The Morgan fingerprint density at radius 2 is 1.52 bits per heavy atom. The molecule has 5 nitrogen and oxygen atoms in total. The van der Waals surface area contributed by atoms with Gasteiger partial charge < -0.3 is 15.2 Å². The molecule has 0 spiro atoms. The summed E-state index contributed by atoms with van der Waals surface area (Å²) in [7, 11) is 0. The number of carboxylic acid groups (broad SMARTS) is 1. The Morgan fingerprint density at radius 1 is 0.935 bits per heavy atom. The van der Waals surface area contributed by atoms with Gasteiger partial charge in [0.05, 0.1) is 5.92 Å². The lowest BCUT2D eigenvalue weighted by Gasteiger charge is -2.16. The smallest absolute Gasteiger partial charge is 0.407 e. The lowest BCUT2D eigenvalue weighted by atomic mass is 9.98. The molecule has 3 aromatic rings. The molecule has 31 heavy (non-hydrogen) atoms. The zero-order chi connectivity index (χ0) is 21.8. The van der Waals surface area contributed by atoms with Crippen LogP contribution in [0.25, 0.3) is 11.1 Å². The van der Waals surface area contributed by atoms with Gasteiger partial charge in [0.1, 0.15) is 6.61 Å². The number of carbonyl (C=O) groups is 2. The molecule has 1 aliphatic rings. The van der Waals surface area contributed by atoms with Gasteiger partial charge in [-0.1, -0.05) is 76.6 Å². The monoisotopic (exact) mass is 479 g/mol. The molecular weight excluding hydrogens is 458 g/mol. The summed E-state index contributed by atoms with van der Waals surface area (Å²) < 4.78 is 6.42. The SMILES string of the molecule is O=C(NC[C@@H](Cc1ccc(Br)cc1)C(=O)O)OCC1c2ccccc2-c2ccccc21. The standard InChI is InChI=1S/C25H22BrNO4/c26-18-11-9-16(10-12-18)13-17(24(28)29)14-27-25(30)31-15-23-21-7-3-1-5-19(21)20-6-2-4-8-22(20)23/h1-12,17,23H,13-15H2,(H,27,30)(H,28,29)/t17-/m1/s1. The van der Waals surface area contributed by atoms with Crippen LogP contribution in [0, 0.1) is 5.92 Å². The van der Waals surface area contributed by atoms with Gasteiger partial charge in [0.2, 0.25) is 0 Å². The van der Waals surface area contributed by atoms with Crippen molar-refractivity contribution in [3.63, 3.8) is 0 Å². The van der Waals surface area contributed by atoms with Gasteiger partial charge in [-0.2, -0.15) is 0 Å². The van der Waals surface area contributed by atoms with Crippen LogP contribution in [0.4, 0.5) is 4.79 Å². The normalized spacial score (nSPS) is 13.2. The van der Waals surface area contributed by atoms with Crippen LogP contribution in [-0.4, -0.2) is 30.3 Å². The van der Waals surface area contributed by atoms with Crippen LogP contribution in [0.15, 0.2) is 77.3 Å². The Morgan fingerprint density at radius 3 is 2.10 bits per heavy atom. The van der Waals surface area contributed by atoms with E-state index in [1.165, 1.54) is 0 Å². The van der Waals surface area contributed by atoms with Gasteiger partial charge in [-0.25, -0.2) is 4.79 Å². The number of amides is 1. The van der Waals surface area contributed by atoms with Crippen molar-refractivity contribution in [3.05, 3.63) is 94.0 Å². The first-order valence-electron chi connectivity index (χ1n) is 10.1. The van der Waals surface area contributed by atoms with Crippen molar-refractivity contribution in [2.24, 2.45) is 5.92 Å². The first-order valence-corrected chi connectivity index (χ1v) is 10.9. The molecule has 6 heteroatoms. The van der Waals surface area contributed by atoms with E-state index >= 15 is 0 Å². The first kappa shape index (κ1) is 21.1. The third kappa shape index (κ3) is 4.80. The number of carboxylic acids is 1. The molecular formula is C25H22BrNO4. The van der Waals surface area contributed by atoms with Crippen molar-refractivity contribution >= 4 is 28.0 Å². The Balaban J connectivity index is 1.36. The van der Waals surface area contributed by atoms with E-state index in [9.17, 15) is 14.7 Å². The highest BCUT2D eigenvalue weighted by atomic mass is 79.9. The molecule has 0 unspecified atom stereocenters. The van der Waals surface area contributed by atoms with Crippen molar-refractivity contribution in [1.29, 1.82) is 0 Å². The molecule has 1 aliphatic carbocycles. The van der Waals surface area contributed by atoms with Crippen LogP contribution in [-0.2, 0) is 16.0 Å². The van der Waals surface area contributed by atoms with Crippen LogP contribution in [0.5, 0.6) is 0 Å². The number of hydrogen-bond acceptors (Lipinski definition) is 3. The highest BCUT2D eigenvalue weighted by molar-refractivity contribution is 9.10. The Labute approximate surface area is 189 Å². The number of benzene rings is 3. The summed E-state index contributed by atoms with van der Waals surface area (Å²) in [6.07, 6.45) is -0.282. The average Bonchev–Trinajstić information content (AvgIpc) is 3.10. The van der Waals surface area contributed by atoms with Gasteiger partial charge in [0.25, 0.3) is 0 Å². The summed E-state index contributed by atoms with van der Waals surface area (Å²) >= 11 is 3.37. The van der Waals surface area contributed by atoms with Crippen molar-refractivity contribution in [3.8, 4) is 11.1 Å². The van der Waals surface area contributed by atoms with Crippen LogP contribution >= 0.6 is 15.9 Å². The second-order valence-electron chi connectivity index (χ2n) is 7.57. The first-order chi connectivity index (χ1) is 15.0. The molecule has 0 saturated carbocycles. The quantitative estimate of drug-likeness (QED) is 0.486. The zero-order valence-corrected chi connectivity index (χ0v) is 18.3. The predicted octanol–water partition coefficient (Wildman–Crippen LogP) is 5.23. The minimum absolute atomic E-state index is 0.00205. The minimum atomic E-state index is -0.957. The number of halogens is 1. The minimum Gasteiger partial charge on any atom is -0.481 e. The number of alkyl carbamates (subject to hydrolysis) is 1. The molecule has 158 valence electrons. The van der Waals surface area contributed by atoms with Gasteiger partial charge >= 0.3 is 12.1 Å². The van der Waals surface area contributed by atoms with E-state index in [0.29, 0.717) is 6.42 Å². The van der Waals surface area contributed by atoms with Crippen LogP contribution in [0.2, 0.25) is 0 Å². The number of hydrogen-bond donors (Lipinski definition) is 2. The zero-order valence-electron chi connectivity index (χ0n) is 16.8. The largest absolute Gasteiger partial charge is 0.481 e. The summed E-state index contributed by atoms with van der Waals surface area (Å²) in [5, 5.41) is 12.1. The second kappa shape index (κ2) is 9.35. The van der Waals surface area contributed by atoms with Crippen LogP contribution in [0.1, 0.15) is 22.6 Å². The fourth-order valence-corrected chi connectivity index (χ4v) is 4.27. The van der Waals surface area contributed by atoms with Gasteiger partial charge in [-0.05, 0) is 46.4 Å². The van der Waals surface area contributed by atoms with Gasteiger partial charge in [0, 0.05) is 16.9 Å². The molecule has 3 aromatic carbocycles. The summed E-state index contributed by atoms with van der Waals surface area (Å²) in [5.74, 6) is -1.72. The maximum Gasteiger partial charge on any atom is 0.407 e. The van der Waals surface area contributed by atoms with E-state index in [2.05, 4.69) is 45.5 Å². The topological polar surface area (TPSA) is 75.6 Å². The predicted molar refractivity (Wildman–Crippen MR) is 122 cm³/mol. The maximum absolute atomic E-state index is 12.3. The fourth-order valence-electron chi connectivity index (χ4n) is 4.01. The summed E-state index contributed by atoms with van der Waals surface area (Å²) in [6.45, 7) is 0.201. The molecule has 0 bridgehead atoms. The molecule has 0 radical (unpaired) electrons. The molecule has 0 saturated heterocycles. The summed E-state index contributed by atoms with van der Waals surface area (Å²) in [4.78, 5) is 23.9. The maximum atomic E-state index is 12.3. The van der Waals surface area contributed by atoms with Gasteiger partial charge in [-0.3, -0.25) is 4.79 Å². The summed E-state index contributed by atoms with van der Waals surface area (Å²) in [5.41, 5.74) is 5.48. The lowest BCUT2D eigenvalue weighted by Crippen LogP contribution is -2.35. The van der Waals surface area contributed by atoms with E-state index < -0.39 is 18.0 Å². The number of nitrogens with one attached hydrogen (secondary N) is 1. The summed E-state index contributed by atoms with van der Waals surface area (Å²) in [6, 6.07) is 23.7. The Bertz CT molecular complexity index is 1050. The van der Waals surface area contributed by atoms with E-state index in [1.54, 1.807) is 0 Å². The Kier molecular flexibility index (Phi) is 6.37. The van der Waals surface area contributed by atoms with Crippen molar-refractivity contribution in [2.45, 2.75) is 12.3 Å². The van der Waals surface area contributed by atoms with E-state index in [4.69, 9.17) is 4.74 Å². The lowest BCUT2D eigenvalue weighted by molar-refractivity contribution is -0.141. The van der Waals surface area contributed by atoms with E-state index in [0.717, 1.165) is 32.3 Å². The number of carbonyl (C=O) groups excluding carboxylic acids is 1. The van der Waals surface area contributed by atoms with Crippen LogP contribution < -0.4 is 5.32 Å². The third-order valence-electron chi connectivity index (χ3n) is 5.58. The number of ether oxygens (including phenoxy) is 1. The fraction of sp³-hybridized carbons (Fsp3) is 0.200. The third-order valence-corrected chi connectivity index (χ3v) is 6.11. The van der Waals surface area contributed by atoms with Crippen LogP contribution in [0.3, 0.4) is 0 Å². The molecule has 1 atom stereocenters. The molecule has 0 fully saturated rings. The molecule has 4 rings (SSSR count). The van der Waals surface area contributed by atoms with Crippen molar-refractivity contribution in [1.82, 2.24) is 5.32 Å². The molecule has 0 aliphatic heterocycles. The number of aliphatic carboxylic acids is 1. The molecule has 1 amide bonds. The molecule has 0 heterocycles. The van der Waals surface area contributed by atoms with Crippen molar-refractivity contribution in [2.75, 3.05) is 13.2 Å². The highest BCUT2D eigenvalue weighted by Gasteiger charge is 2.29. The van der Waals surface area contributed by atoms with Gasteiger partial charge in [-0.15, -0.1) is 0 Å². The van der Waals surface area contributed by atoms with E-state index in [-0.39, 0.29) is 19.1 Å². The van der Waals surface area contributed by atoms with Crippen molar-refractivity contribution < 1.29 is 19.4 Å². The average molecular weight is 480 g/mol.